The third-order valence-electron chi connectivity index (χ3n) is 1.46. The Bertz CT molecular complexity index is 489. The van der Waals surface area contributed by atoms with Crippen LogP contribution in [0.5, 0.6) is 0 Å². The van der Waals surface area contributed by atoms with Gasteiger partial charge >= 0.3 is 6.18 Å². The molecule has 0 radical (unpaired) electrons. The molecule has 3 nitrogen and oxygen atoms in total. The lowest BCUT2D eigenvalue weighted by Crippen LogP contribution is -2.22. The zero-order chi connectivity index (χ0) is 11.6. The number of halogens is 3. The van der Waals surface area contributed by atoms with Crippen LogP contribution in [0.15, 0.2) is 5.38 Å². The number of Topliss-reactive ketones (excluding diaryl/α,β-unsaturated/α-hetero) is 1. The smallest absolute Gasteiger partial charge is 0.285 e. The largest absolute Gasteiger partial charge is 0.453 e. The summed E-state index contributed by atoms with van der Waals surface area (Å²) in [6.45, 7) is 13.2. The van der Waals surface area contributed by atoms with E-state index < -0.39 is 23.2 Å². The Morgan fingerprint density at radius 3 is 2.33 bits per heavy atom. The highest BCUT2D eigenvalue weighted by molar-refractivity contribution is 7.15. The Balaban J connectivity index is 3.31. The average molecular weight is 230 g/mol. The molecule has 0 unspecified atom stereocenters. The molecule has 0 aliphatic carbocycles. The molecule has 0 spiro atoms. The predicted octanol–water partition coefficient (Wildman–Crippen LogP) is 3.59. The maximum Gasteiger partial charge on any atom is 0.453 e. The van der Waals surface area contributed by atoms with Crippen LogP contribution >= 0.6 is 11.3 Å². The van der Waals surface area contributed by atoms with Crippen LogP contribution in [0.3, 0.4) is 0 Å². The standard InChI is InChI=1S/C8HF3N2OS/c1-12-5-4(3-15-7(5)13-2)6(14)8(9,10)11/h3H. The SMILES string of the molecule is [C-]#[N+]c1scc(C(=O)C(F)(F)F)c1[N+]#[C-]. The maximum absolute atomic E-state index is 12.0. The second-order valence-electron chi connectivity index (χ2n) is 2.35. The number of rotatable bonds is 1. The molecule has 1 rings (SSSR count). The summed E-state index contributed by atoms with van der Waals surface area (Å²) in [5, 5.41) is 0.689. The fraction of sp³-hybridized carbons (Fsp3) is 0.125. The van der Waals surface area contributed by atoms with Gasteiger partial charge in [-0.25, -0.2) is 9.69 Å². The van der Waals surface area contributed by atoms with Crippen LogP contribution in [0.1, 0.15) is 10.4 Å². The molecule has 1 aromatic rings. The van der Waals surface area contributed by atoms with E-state index in [9.17, 15) is 18.0 Å². The van der Waals surface area contributed by atoms with Crippen LogP contribution in [0.4, 0.5) is 23.9 Å². The average Bonchev–Trinajstić information content (AvgIpc) is 2.57. The third kappa shape index (κ3) is 1.97. The molecule has 1 aromatic heterocycles. The first-order chi connectivity index (χ1) is 6.91. The molecule has 0 aliphatic heterocycles. The molecule has 15 heavy (non-hydrogen) atoms. The number of carbonyl (C=O) groups excluding carboxylic acids is 1. The fourth-order valence-electron chi connectivity index (χ4n) is 0.843. The van der Waals surface area contributed by atoms with E-state index in [0.29, 0.717) is 11.3 Å². The Morgan fingerprint density at radius 1 is 1.33 bits per heavy atom. The van der Waals surface area contributed by atoms with E-state index in [1.165, 1.54) is 0 Å². The van der Waals surface area contributed by atoms with E-state index >= 15 is 0 Å². The summed E-state index contributed by atoms with van der Waals surface area (Å²) in [4.78, 5) is 16.4. The lowest BCUT2D eigenvalue weighted by Gasteiger charge is -2.03. The number of hydrogen-bond acceptors (Lipinski definition) is 2. The molecular formula is C8HF3N2OS. The summed E-state index contributed by atoms with van der Waals surface area (Å²) < 4.78 is 36.1. The van der Waals surface area contributed by atoms with Crippen molar-refractivity contribution in [1.29, 1.82) is 0 Å². The summed E-state index contributed by atoms with van der Waals surface area (Å²) >= 11 is 0.656. The van der Waals surface area contributed by atoms with Crippen molar-refractivity contribution in [2.24, 2.45) is 0 Å². The number of nitrogens with zero attached hydrogens (tertiary/aromatic N) is 2. The molecule has 0 fully saturated rings. The molecule has 0 aromatic carbocycles. The molecule has 0 aliphatic rings. The molecule has 76 valence electrons. The van der Waals surface area contributed by atoms with E-state index in [-0.39, 0.29) is 5.00 Å². The monoisotopic (exact) mass is 230 g/mol. The number of ketones is 1. The molecule has 0 saturated carbocycles. The van der Waals surface area contributed by atoms with Crippen molar-refractivity contribution >= 4 is 27.8 Å². The second-order valence-corrected chi connectivity index (χ2v) is 3.21. The molecular weight excluding hydrogens is 229 g/mol. The first kappa shape index (κ1) is 11.2. The van der Waals surface area contributed by atoms with Crippen molar-refractivity contribution in [3.63, 3.8) is 0 Å². The van der Waals surface area contributed by atoms with Gasteiger partial charge in [-0.3, -0.25) is 4.79 Å². The minimum atomic E-state index is -5.01. The number of thiophene rings is 1. The molecule has 0 atom stereocenters. The van der Waals surface area contributed by atoms with E-state index in [1.54, 1.807) is 0 Å². The Labute approximate surface area is 86.4 Å². The van der Waals surface area contributed by atoms with Gasteiger partial charge in [0.1, 0.15) is 0 Å². The normalized spacial score (nSPS) is 10.5. The van der Waals surface area contributed by atoms with Crippen molar-refractivity contribution in [1.82, 2.24) is 0 Å². The maximum atomic E-state index is 12.0. The van der Waals surface area contributed by atoms with Crippen LogP contribution in [-0.2, 0) is 0 Å². The Morgan fingerprint density at radius 2 is 1.93 bits per heavy atom. The number of carbonyl (C=O) groups is 1. The Kier molecular flexibility index (Phi) is 2.78. The first-order valence-electron chi connectivity index (χ1n) is 3.39. The van der Waals surface area contributed by atoms with Crippen molar-refractivity contribution in [3.8, 4) is 0 Å². The predicted molar refractivity (Wildman–Crippen MR) is 47.2 cm³/mol. The van der Waals surface area contributed by atoms with Crippen LogP contribution < -0.4 is 0 Å². The molecule has 7 heteroatoms. The van der Waals surface area contributed by atoms with E-state index in [4.69, 9.17) is 13.1 Å². The highest BCUT2D eigenvalue weighted by Gasteiger charge is 2.41. The van der Waals surface area contributed by atoms with Crippen LogP contribution in [0, 0.1) is 13.1 Å². The molecule has 0 bridgehead atoms. The third-order valence-corrected chi connectivity index (χ3v) is 2.32. The molecule has 0 amide bonds. The van der Waals surface area contributed by atoms with E-state index in [2.05, 4.69) is 9.69 Å². The minimum absolute atomic E-state index is 0.197. The summed E-state index contributed by atoms with van der Waals surface area (Å²) in [6, 6.07) is 0. The van der Waals surface area contributed by atoms with Gasteiger partial charge in [0, 0.05) is 5.56 Å². The highest BCUT2D eigenvalue weighted by Crippen LogP contribution is 2.41. The first-order valence-corrected chi connectivity index (χ1v) is 4.27. The van der Waals surface area contributed by atoms with E-state index in [0.717, 1.165) is 5.38 Å². The van der Waals surface area contributed by atoms with Crippen molar-refractivity contribution < 1.29 is 18.0 Å². The number of hydrogen-bond donors (Lipinski definition) is 0. The van der Waals surface area contributed by atoms with Crippen molar-refractivity contribution in [2.75, 3.05) is 0 Å². The van der Waals surface area contributed by atoms with Gasteiger partial charge < -0.3 is 0 Å². The summed E-state index contributed by atoms with van der Waals surface area (Å²) in [7, 11) is 0. The van der Waals surface area contributed by atoms with Crippen molar-refractivity contribution in [3.05, 3.63) is 33.8 Å². The van der Waals surface area contributed by atoms with Gasteiger partial charge in [-0.2, -0.15) is 24.5 Å². The molecule has 0 saturated heterocycles. The highest BCUT2D eigenvalue weighted by atomic mass is 32.1. The van der Waals surface area contributed by atoms with Crippen molar-refractivity contribution in [2.45, 2.75) is 6.18 Å². The lowest BCUT2D eigenvalue weighted by atomic mass is 10.2. The van der Waals surface area contributed by atoms with Crippen LogP contribution in [0.25, 0.3) is 9.69 Å². The quantitative estimate of drug-likeness (QED) is 0.534. The zero-order valence-electron chi connectivity index (χ0n) is 6.92. The fourth-order valence-corrected chi connectivity index (χ4v) is 1.61. The van der Waals surface area contributed by atoms with Gasteiger partial charge in [-0.15, -0.1) is 0 Å². The lowest BCUT2D eigenvalue weighted by molar-refractivity contribution is -0.0884. The molecule has 1 heterocycles. The Hall–Kier alpha value is -1.86. The summed E-state index contributed by atoms with van der Waals surface area (Å²) in [5.41, 5.74) is -1.26. The van der Waals surface area contributed by atoms with Gasteiger partial charge in [0.05, 0.1) is 13.1 Å². The summed E-state index contributed by atoms with van der Waals surface area (Å²) in [6.07, 6.45) is -5.01. The van der Waals surface area contributed by atoms with Crippen LogP contribution in [0.2, 0.25) is 0 Å². The topological polar surface area (TPSA) is 25.8 Å². The van der Waals surface area contributed by atoms with Crippen LogP contribution in [-0.4, -0.2) is 12.0 Å². The van der Waals surface area contributed by atoms with Gasteiger partial charge in [0.2, 0.25) is 10.7 Å². The van der Waals surface area contributed by atoms with Gasteiger partial charge in [0.25, 0.3) is 5.78 Å². The number of alkyl halides is 3. The minimum Gasteiger partial charge on any atom is -0.285 e. The van der Waals surface area contributed by atoms with E-state index in [1.807, 2.05) is 0 Å². The summed E-state index contributed by atoms with van der Waals surface area (Å²) in [5.74, 6) is -2.08. The molecule has 0 N–H and O–H groups in total. The zero-order valence-corrected chi connectivity index (χ0v) is 7.74. The van der Waals surface area contributed by atoms with Gasteiger partial charge in [0.15, 0.2) is 0 Å². The van der Waals surface area contributed by atoms with Gasteiger partial charge in [-0.1, -0.05) is 0 Å². The van der Waals surface area contributed by atoms with Gasteiger partial charge in [-0.05, 0) is 5.38 Å². The second kappa shape index (κ2) is 3.71.